The average molecular weight is 299 g/mol. The summed E-state index contributed by atoms with van der Waals surface area (Å²) in [5, 5.41) is 2.97. The number of hydrogen-bond acceptors (Lipinski definition) is 3. The number of carbonyl (C=O) groups is 1. The number of pyridine rings is 1. The van der Waals surface area contributed by atoms with Crippen molar-refractivity contribution in [2.75, 3.05) is 6.61 Å². The molecule has 0 bridgehead atoms. The quantitative estimate of drug-likeness (QED) is 0.867. The molecule has 1 aliphatic carbocycles. The molecule has 5 heteroatoms. The molecule has 1 amide bonds. The highest BCUT2D eigenvalue weighted by molar-refractivity contribution is 9.10. The summed E-state index contributed by atoms with van der Waals surface area (Å²) in [4.78, 5) is 15.8. The predicted octanol–water partition coefficient (Wildman–Crippen LogP) is 2.14. The zero-order valence-corrected chi connectivity index (χ0v) is 11.2. The summed E-state index contributed by atoms with van der Waals surface area (Å²) in [6.07, 6.45) is 3.69. The molecule has 1 aromatic heterocycles. The summed E-state index contributed by atoms with van der Waals surface area (Å²) < 4.78 is 6.17. The molecule has 1 heterocycles. The van der Waals surface area contributed by atoms with Gasteiger partial charge in [0, 0.05) is 18.8 Å². The number of carbonyl (C=O) groups excluding carboxylic acids is 1. The van der Waals surface area contributed by atoms with E-state index in [1.807, 2.05) is 6.92 Å². The zero-order chi connectivity index (χ0) is 12.3. The summed E-state index contributed by atoms with van der Waals surface area (Å²) in [6, 6.07) is 3.76. The molecule has 0 spiro atoms. The molecule has 0 aliphatic heterocycles. The second-order valence-electron chi connectivity index (χ2n) is 4.09. The number of nitrogens with one attached hydrogen (secondary N) is 1. The number of aromatic nitrogens is 1. The number of amides is 1. The lowest BCUT2D eigenvalue weighted by Gasteiger charge is -2.35. The van der Waals surface area contributed by atoms with Gasteiger partial charge in [0.25, 0.3) is 5.91 Å². The molecule has 17 heavy (non-hydrogen) atoms. The lowest BCUT2D eigenvalue weighted by molar-refractivity contribution is -0.00862. The smallest absolute Gasteiger partial charge is 0.253 e. The van der Waals surface area contributed by atoms with Crippen molar-refractivity contribution >= 4 is 21.8 Å². The molecule has 0 radical (unpaired) electrons. The van der Waals surface area contributed by atoms with Gasteiger partial charge in [0.05, 0.1) is 11.7 Å². The first-order valence-electron chi connectivity index (χ1n) is 5.73. The van der Waals surface area contributed by atoms with E-state index in [0.29, 0.717) is 11.7 Å². The van der Waals surface area contributed by atoms with E-state index in [4.69, 9.17) is 4.74 Å². The maximum atomic E-state index is 11.8. The van der Waals surface area contributed by atoms with Crippen LogP contribution in [0.3, 0.4) is 0 Å². The van der Waals surface area contributed by atoms with Crippen molar-refractivity contribution in [1.29, 1.82) is 0 Å². The van der Waals surface area contributed by atoms with E-state index in [2.05, 4.69) is 26.2 Å². The van der Waals surface area contributed by atoms with Gasteiger partial charge < -0.3 is 10.1 Å². The second kappa shape index (κ2) is 5.60. The molecule has 0 atom stereocenters. The Morgan fingerprint density at radius 2 is 2.35 bits per heavy atom. The number of ether oxygens (including phenoxy) is 1. The minimum atomic E-state index is -0.0649. The van der Waals surface area contributed by atoms with Gasteiger partial charge >= 0.3 is 0 Å². The van der Waals surface area contributed by atoms with Gasteiger partial charge in [-0.15, -0.1) is 0 Å². The molecular weight excluding hydrogens is 284 g/mol. The van der Waals surface area contributed by atoms with E-state index in [-0.39, 0.29) is 11.9 Å². The van der Waals surface area contributed by atoms with Crippen LogP contribution in [0.25, 0.3) is 0 Å². The van der Waals surface area contributed by atoms with Crippen molar-refractivity contribution in [3.8, 4) is 0 Å². The van der Waals surface area contributed by atoms with Crippen LogP contribution in [0.15, 0.2) is 22.9 Å². The highest BCUT2D eigenvalue weighted by Gasteiger charge is 2.30. The maximum Gasteiger partial charge on any atom is 0.253 e. The Morgan fingerprint density at radius 3 is 2.94 bits per heavy atom. The van der Waals surface area contributed by atoms with Crippen LogP contribution in [-0.4, -0.2) is 29.6 Å². The fraction of sp³-hybridized carbons (Fsp3) is 0.500. The molecule has 1 aromatic rings. The molecule has 0 unspecified atom stereocenters. The number of nitrogens with zero attached hydrogens (tertiary/aromatic N) is 1. The van der Waals surface area contributed by atoms with Crippen molar-refractivity contribution in [3.05, 3.63) is 28.5 Å². The highest BCUT2D eigenvalue weighted by atomic mass is 79.9. The Labute approximate surface area is 109 Å². The molecule has 0 aromatic carbocycles. The number of hydrogen-bond donors (Lipinski definition) is 1. The average Bonchev–Trinajstić information content (AvgIpc) is 2.27. The number of halogens is 1. The first kappa shape index (κ1) is 12.5. The molecule has 2 rings (SSSR count). The first-order valence-corrected chi connectivity index (χ1v) is 6.52. The Kier molecular flexibility index (Phi) is 4.12. The maximum absolute atomic E-state index is 11.8. The summed E-state index contributed by atoms with van der Waals surface area (Å²) in [7, 11) is 0. The van der Waals surface area contributed by atoms with Crippen molar-refractivity contribution < 1.29 is 9.53 Å². The highest BCUT2D eigenvalue weighted by Crippen LogP contribution is 2.23. The van der Waals surface area contributed by atoms with Gasteiger partial charge in [-0.2, -0.15) is 0 Å². The van der Waals surface area contributed by atoms with Gasteiger partial charge in [-0.05, 0) is 47.8 Å². The Balaban J connectivity index is 1.81. The molecule has 92 valence electrons. The summed E-state index contributed by atoms with van der Waals surface area (Å²) in [5.74, 6) is -0.0649. The van der Waals surface area contributed by atoms with Gasteiger partial charge in [0.1, 0.15) is 4.60 Å². The topological polar surface area (TPSA) is 51.2 Å². The SMILES string of the molecule is CCOC1CC(NC(=O)c2ccc(Br)nc2)C1. The van der Waals surface area contributed by atoms with Crippen molar-refractivity contribution in [1.82, 2.24) is 10.3 Å². The van der Waals surface area contributed by atoms with Crippen LogP contribution in [0.5, 0.6) is 0 Å². The van der Waals surface area contributed by atoms with Crippen LogP contribution in [0.1, 0.15) is 30.1 Å². The minimum absolute atomic E-state index is 0.0649. The predicted molar refractivity (Wildman–Crippen MR) is 67.8 cm³/mol. The van der Waals surface area contributed by atoms with E-state index in [1.165, 1.54) is 0 Å². The Bertz CT molecular complexity index is 388. The molecular formula is C12H15BrN2O2. The summed E-state index contributed by atoms with van der Waals surface area (Å²) in [5.41, 5.74) is 0.591. The Morgan fingerprint density at radius 1 is 1.59 bits per heavy atom. The van der Waals surface area contributed by atoms with E-state index >= 15 is 0 Å². The van der Waals surface area contributed by atoms with Crippen molar-refractivity contribution in [3.63, 3.8) is 0 Å². The van der Waals surface area contributed by atoms with Crippen LogP contribution in [0, 0.1) is 0 Å². The largest absolute Gasteiger partial charge is 0.378 e. The standard InChI is InChI=1S/C12H15BrN2O2/c1-2-17-10-5-9(6-10)15-12(16)8-3-4-11(13)14-7-8/h3-4,7,9-10H,2,5-6H2,1H3,(H,15,16). The fourth-order valence-corrected chi connectivity index (χ4v) is 2.07. The van der Waals surface area contributed by atoms with Crippen LogP contribution in [-0.2, 0) is 4.74 Å². The van der Waals surface area contributed by atoms with Gasteiger partial charge in [-0.1, -0.05) is 0 Å². The summed E-state index contributed by atoms with van der Waals surface area (Å²) >= 11 is 3.24. The molecule has 1 aliphatic rings. The van der Waals surface area contributed by atoms with Gasteiger partial charge in [-0.3, -0.25) is 4.79 Å². The van der Waals surface area contributed by atoms with Gasteiger partial charge in [-0.25, -0.2) is 4.98 Å². The molecule has 1 fully saturated rings. The Hall–Kier alpha value is -0.940. The van der Waals surface area contributed by atoms with E-state index < -0.39 is 0 Å². The molecule has 4 nitrogen and oxygen atoms in total. The van der Waals surface area contributed by atoms with Crippen LogP contribution < -0.4 is 5.32 Å². The number of rotatable bonds is 4. The van der Waals surface area contributed by atoms with Gasteiger partial charge in [0.2, 0.25) is 0 Å². The summed E-state index contributed by atoms with van der Waals surface area (Å²) in [6.45, 7) is 2.72. The lowest BCUT2D eigenvalue weighted by Crippen LogP contribution is -2.47. The molecule has 1 N–H and O–H groups in total. The van der Waals surface area contributed by atoms with Crippen LogP contribution >= 0.6 is 15.9 Å². The van der Waals surface area contributed by atoms with Gasteiger partial charge in [0.15, 0.2) is 0 Å². The van der Waals surface area contributed by atoms with E-state index in [9.17, 15) is 4.79 Å². The first-order chi connectivity index (χ1) is 8.19. The monoisotopic (exact) mass is 298 g/mol. The van der Waals surface area contributed by atoms with E-state index in [1.54, 1.807) is 18.3 Å². The van der Waals surface area contributed by atoms with Crippen LogP contribution in [0.4, 0.5) is 0 Å². The lowest BCUT2D eigenvalue weighted by atomic mass is 9.89. The minimum Gasteiger partial charge on any atom is -0.378 e. The van der Waals surface area contributed by atoms with E-state index in [0.717, 1.165) is 24.1 Å². The third-order valence-electron chi connectivity index (χ3n) is 2.82. The zero-order valence-electron chi connectivity index (χ0n) is 9.65. The van der Waals surface area contributed by atoms with Crippen molar-refractivity contribution in [2.24, 2.45) is 0 Å². The van der Waals surface area contributed by atoms with Crippen molar-refractivity contribution in [2.45, 2.75) is 31.9 Å². The second-order valence-corrected chi connectivity index (χ2v) is 4.90. The third kappa shape index (κ3) is 3.26. The molecule has 0 saturated heterocycles. The third-order valence-corrected chi connectivity index (χ3v) is 3.29. The normalized spacial score (nSPS) is 22.9. The molecule has 1 saturated carbocycles. The van der Waals surface area contributed by atoms with Crippen LogP contribution in [0.2, 0.25) is 0 Å². The fourth-order valence-electron chi connectivity index (χ4n) is 1.83.